The van der Waals surface area contributed by atoms with Gasteiger partial charge in [0.2, 0.25) is 0 Å². The first kappa shape index (κ1) is 28.6. The summed E-state index contributed by atoms with van der Waals surface area (Å²) in [6.45, 7) is 4.61. The predicted molar refractivity (Wildman–Crippen MR) is 162 cm³/mol. The van der Waals surface area contributed by atoms with Crippen molar-refractivity contribution < 1.29 is 14.7 Å². The van der Waals surface area contributed by atoms with Crippen LogP contribution in [-0.4, -0.2) is 55.4 Å². The summed E-state index contributed by atoms with van der Waals surface area (Å²) in [5.74, 6) is -0.672. The molecule has 0 saturated heterocycles. The lowest BCUT2D eigenvalue weighted by Gasteiger charge is -2.34. The molecule has 2 aromatic rings. The van der Waals surface area contributed by atoms with Crippen molar-refractivity contribution in [3.63, 3.8) is 0 Å². The number of likely N-dealkylation sites (N-methyl/N-ethyl adjacent to an activating group) is 1. The van der Waals surface area contributed by atoms with Crippen LogP contribution in [-0.2, 0) is 16.0 Å². The largest absolute Gasteiger partial charge is 0.394 e. The number of aryl methyl sites for hydroxylation is 1. The number of carbonyl (C=O) groups is 2. The maximum atomic E-state index is 13.5. The summed E-state index contributed by atoms with van der Waals surface area (Å²) >= 11 is 0. The maximum absolute atomic E-state index is 13.5. The molecule has 0 fully saturated rings. The number of hydrogen-bond acceptors (Lipinski definition) is 6. The van der Waals surface area contributed by atoms with Gasteiger partial charge in [0.25, 0.3) is 11.8 Å². The van der Waals surface area contributed by atoms with Gasteiger partial charge in [0.1, 0.15) is 11.2 Å². The molecule has 4 rings (SSSR count). The first-order chi connectivity index (χ1) is 19.3. The summed E-state index contributed by atoms with van der Waals surface area (Å²) in [5, 5.41) is 18.1. The fourth-order valence-electron chi connectivity index (χ4n) is 4.80. The number of aliphatic imine (C=N–C) groups is 1. The van der Waals surface area contributed by atoms with Gasteiger partial charge in [-0.25, -0.2) is 0 Å². The zero-order chi connectivity index (χ0) is 28.5. The third kappa shape index (κ3) is 6.95. The van der Waals surface area contributed by atoms with Crippen LogP contribution in [0.2, 0.25) is 0 Å². The smallest absolute Gasteiger partial charge is 0.271 e. The van der Waals surface area contributed by atoms with E-state index >= 15 is 0 Å². The number of fused-ring (bicyclic) bond motifs is 1. The van der Waals surface area contributed by atoms with Crippen LogP contribution in [0, 0.1) is 0 Å². The number of dihydropyridines is 1. The summed E-state index contributed by atoms with van der Waals surface area (Å²) in [4.78, 5) is 33.0. The third-order valence-corrected chi connectivity index (χ3v) is 6.71. The van der Waals surface area contributed by atoms with Crippen LogP contribution < -0.4 is 20.9 Å². The van der Waals surface area contributed by atoms with E-state index in [-0.39, 0.29) is 24.8 Å². The molecule has 4 N–H and O–H groups in total. The Morgan fingerprint density at radius 2 is 1.98 bits per heavy atom. The second-order valence-electron chi connectivity index (χ2n) is 10.1. The minimum Gasteiger partial charge on any atom is -0.394 e. The van der Waals surface area contributed by atoms with Crippen LogP contribution in [0.4, 0.5) is 5.69 Å². The van der Waals surface area contributed by atoms with Gasteiger partial charge >= 0.3 is 0 Å². The van der Waals surface area contributed by atoms with E-state index in [1.165, 1.54) is 17.5 Å². The van der Waals surface area contributed by atoms with Crippen LogP contribution in [0.15, 0.2) is 88.8 Å². The van der Waals surface area contributed by atoms with Crippen LogP contribution in [0.5, 0.6) is 0 Å². The lowest BCUT2D eigenvalue weighted by atomic mass is 9.95. The van der Waals surface area contributed by atoms with E-state index in [4.69, 9.17) is 5.11 Å². The Morgan fingerprint density at radius 3 is 2.73 bits per heavy atom. The van der Waals surface area contributed by atoms with Gasteiger partial charge in [-0.15, -0.1) is 0 Å². The number of rotatable bonds is 10. The Kier molecular flexibility index (Phi) is 9.35. The molecule has 1 unspecified atom stereocenters. The average Bonchev–Trinajstić information content (AvgIpc) is 2.94. The summed E-state index contributed by atoms with van der Waals surface area (Å²) < 4.78 is 0. The Morgan fingerprint density at radius 1 is 1.18 bits per heavy atom. The van der Waals surface area contributed by atoms with Gasteiger partial charge in [-0.2, -0.15) is 0 Å². The van der Waals surface area contributed by atoms with Crippen molar-refractivity contribution >= 4 is 35.9 Å². The molecule has 2 aromatic carbocycles. The molecule has 2 aliphatic heterocycles. The number of allylic oxidation sites excluding steroid dienone is 3. The van der Waals surface area contributed by atoms with Crippen LogP contribution in [0.1, 0.15) is 37.0 Å². The van der Waals surface area contributed by atoms with Crippen LogP contribution >= 0.6 is 0 Å². The molecule has 2 aliphatic rings. The number of para-hydroxylation sites is 1. The molecule has 1 atom stereocenters. The number of anilines is 1. The number of carbonyl (C=O) groups excluding carboxylic acids is 2. The van der Waals surface area contributed by atoms with Gasteiger partial charge in [0.15, 0.2) is 0 Å². The molecule has 208 valence electrons. The average molecular weight is 540 g/mol. The predicted octanol–water partition coefficient (Wildman–Crippen LogP) is 3.57. The Labute approximate surface area is 235 Å². The van der Waals surface area contributed by atoms with Crippen molar-refractivity contribution in [3.8, 4) is 0 Å². The lowest BCUT2D eigenvalue weighted by molar-refractivity contribution is -0.124. The molecule has 40 heavy (non-hydrogen) atoms. The van der Waals surface area contributed by atoms with Gasteiger partial charge in [-0.1, -0.05) is 74.0 Å². The van der Waals surface area contributed by atoms with E-state index in [0.29, 0.717) is 12.2 Å². The zero-order valence-electron chi connectivity index (χ0n) is 23.3. The van der Waals surface area contributed by atoms with Crippen LogP contribution in [0.25, 0.3) is 12.2 Å². The molecule has 2 amide bonds. The van der Waals surface area contributed by atoms with E-state index < -0.39 is 11.4 Å². The Balaban J connectivity index is 1.47. The summed E-state index contributed by atoms with van der Waals surface area (Å²) in [6, 6.07) is 15.8. The van der Waals surface area contributed by atoms with Crippen LogP contribution in [0.3, 0.4) is 0 Å². The van der Waals surface area contributed by atoms with Gasteiger partial charge in [-0.05, 0) is 48.3 Å². The van der Waals surface area contributed by atoms with E-state index in [2.05, 4.69) is 51.0 Å². The highest BCUT2D eigenvalue weighted by atomic mass is 16.3. The second-order valence-corrected chi connectivity index (χ2v) is 10.1. The van der Waals surface area contributed by atoms with Crippen molar-refractivity contribution in [2.24, 2.45) is 4.99 Å². The molecule has 8 heteroatoms. The van der Waals surface area contributed by atoms with E-state index in [9.17, 15) is 9.59 Å². The first-order valence-electron chi connectivity index (χ1n) is 13.5. The fourth-order valence-corrected chi connectivity index (χ4v) is 4.80. The Hall–Kier alpha value is -4.43. The molecule has 0 spiro atoms. The van der Waals surface area contributed by atoms with E-state index in [1.807, 2.05) is 43.5 Å². The number of hydrogen-bond donors (Lipinski definition) is 4. The summed E-state index contributed by atoms with van der Waals surface area (Å²) in [5.41, 5.74) is 4.83. The third-order valence-electron chi connectivity index (χ3n) is 6.71. The molecular formula is C32H37N5O3. The topological polar surface area (TPSA) is 106 Å². The molecule has 0 aromatic heterocycles. The monoisotopic (exact) mass is 539 g/mol. The minimum atomic E-state index is -1.14. The SMILES string of the molecule is CCCc1cccc2c1N(C)CC(NC(=O)C1(C)C=CC=C(C(=O)N/C(C=NCCO)=C/c3ccccc3)N1)=C2. The van der Waals surface area contributed by atoms with Crippen molar-refractivity contribution in [1.29, 1.82) is 0 Å². The number of nitrogens with zero attached hydrogens (tertiary/aromatic N) is 2. The number of amides is 2. The lowest BCUT2D eigenvalue weighted by Crippen LogP contribution is -2.56. The number of aliphatic hydroxyl groups excluding tert-OH is 1. The highest BCUT2D eigenvalue weighted by Crippen LogP contribution is 2.31. The Bertz CT molecular complexity index is 1390. The van der Waals surface area contributed by atoms with E-state index in [1.54, 1.807) is 31.2 Å². The summed E-state index contributed by atoms with van der Waals surface area (Å²) in [6.07, 6.45) is 12.5. The number of nitrogens with one attached hydrogen (secondary N) is 3. The van der Waals surface area contributed by atoms with Crippen molar-refractivity contribution in [1.82, 2.24) is 16.0 Å². The van der Waals surface area contributed by atoms with Gasteiger partial charge in [-0.3, -0.25) is 14.6 Å². The first-order valence-corrected chi connectivity index (χ1v) is 13.5. The standard InChI is InChI=1S/C32H37N5O3/c1-4-10-24-13-8-14-25-20-27(22-37(3)29(24)25)35-31(40)32(2)16-9-15-28(36-32)30(39)34-26(21-33-17-18-38)19-23-11-6-5-7-12-23/h5-9,11-16,19-21,36,38H,4,10,17-18,22H2,1-3H3,(H,34,39)(H,35,40)/b26-19+,33-21?. The number of benzene rings is 2. The van der Waals surface area contributed by atoms with E-state index in [0.717, 1.165) is 29.7 Å². The second kappa shape index (κ2) is 13.1. The molecule has 0 aliphatic carbocycles. The molecular weight excluding hydrogens is 502 g/mol. The number of aliphatic hydroxyl groups is 1. The van der Waals surface area contributed by atoms with Crippen molar-refractivity contribution in [2.75, 3.05) is 31.6 Å². The van der Waals surface area contributed by atoms with Gasteiger partial charge in [0, 0.05) is 24.6 Å². The normalized spacial score (nSPS) is 18.5. The molecule has 0 bridgehead atoms. The quantitative estimate of drug-likeness (QED) is 0.346. The van der Waals surface area contributed by atoms with Crippen molar-refractivity contribution in [3.05, 3.63) is 101 Å². The molecule has 8 nitrogen and oxygen atoms in total. The molecule has 0 radical (unpaired) electrons. The highest BCUT2D eigenvalue weighted by Gasteiger charge is 2.35. The molecule has 0 saturated carbocycles. The van der Waals surface area contributed by atoms with Crippen molar-refractivity contribution in [2.45, 2.75) is 32.2 Å². The molecule has 2 heterocycles. The van der Waals surface area contributed by atoms with Gasteiger partial charge in [0.05, 0.1) is 25.4 Å². The zero-order valence-corrected chi connectivity index (χ0v) is 23.3. The fraction of sp³-hybridized carbons (Fsp3) is 0.281. The maximum Gasteiger partial charge on any atom is 0.271 e. The van der Waals surface area contributed by atoms with Gasteiger partial charge < -0.3 is 26.0 Å². The minimum absolute atomic E-state index is 0.0915. The summed E-state index contributed by atoms with van der Waals surface area (Å²) in [7, 11) is 2.03. The highest BCUT2D eigenvalue weighted by molar-refractivity contribution is 6.02.